The zero-order valence-electron chi connectivity index (χ0n) is 15.2. The highest BCUT2D eigenvalue weighted by Crippen LogP contribution is 2.36. The highest BCUT2D eigenvalue weighted by molar-refractivity contribution is 5.83. The SMILES string of the molecule is CCC(CC)(CN)C(=O)N1Cc2ccccc2C(c2ccccc2)C1. The van der Waals surface area contributed by atoms with E-state index in [0.717, 1.165) is 19.4 Å². The summed E-state index contributed by atoms with van der Waals surface area (Å²) in [7, 11) is 0. The van der Waals surface area contributed by atoms with Gasteiger partial charge in [-0.15, -0.1) is 0 Å². The van der Waals surface area contributed by atoms with Crippen molar-refractivity contribution in [2.75, 3.05) is 13.1 Å². The Morgan fingerprint density at radius 2 is 1.72 bits per heavy atom. The maximum Gasteiger partial charge on any atom is 0.230 e. The maximum absolute atomic E-state index is 13.3. The summed E-state index contributed by atoms with van der Waals surface area (Å²) < 4.78 is 0. The van der Waals surface area contributed by atoms with E-state index in [-0.39, 0.29) is 11.8 Å². The number of nitrogens with zero attached hydrogens (tertiary/aromatic N) is 1. The smallest absolute Gasteiger partial charge is 0.230 e. The first kappa shape index (κ1) is 17.7. The van der Waals surface area contributed by atoms with E-state index in [4.69, 9.17) is 5.73 Å². The third kappa shape index (κ3) is 3.21. The van der Waals surface area contributed by atoms with Crippen LogP contribution in [0.2, 0.25) is 0 Å². The van der Waals surface area contributed by atoms with Gasteiger partial charge in [-0.25, -0.2) is 0 Å². The average molecular weight is 336 g/mol. The molecule has 132 valence electrons. The fraction of sp³-hybridized carbons (Fsp3) is 0.409. The summed E-state index contributed by atoms with van der Waals surface area (Å²) in [5.41, 5.74) is 9.44. The summed E-state index contributed by atoms with van der Waals surface area (Å²) in [6.45, 7) is 5.95. The van der Waals surface area contributed by atoms with E-state index < -0.39 is 5.41 Å². The monoisotopic (exact) mass is 336 g/mol. The molecule has 3 heteroatoms. The highest BCUT2D eigenvalue weighted by atomic mass is 16.2. The Balaban J connectivity index is 1.98. The lowest BCUT2D eigenvalue weighted by molar-refractivity contribution is -0.143. The third-order valence-corrected chi connectivity index (χ3v) is 5.88. The van der Waals surface area contributed by atoms with Crippen molar-refractivity contribution in [1.82, 2.24) is 4.90 Å². The van der Waals surface area contributed by atoms with Crippen LogP contribution in [-0.4, -0.2) is 23.9 Å². The Kier molecular flexibility index (Phi) is 5.24. The number of hydrogen-bond acceptors (Lipinski definition) is 2. The Morgan fingerprint density at radius 3 is 2.36 bits per heavy atom. The van der Waals surface area contributed by atoms with Crippen LogP contribution in [0.3, 0.4) is 0 Å². The van der Waals surface area contributed by atoms with Crippen molar-refractivity contribution in [1.29, 1.82) is 0 Å². The average Bonchev–Trinajstić information content (AvgIpc) is 2.69. The van der Waals surface area contributed by atoms with Gasteiger partial charge in [0.05, 0.1) is 5.41 Å². The molecule has 2 aromatic carbocycles. The van der Waals surface area contributed by atoms with Crippen LogP contribution in [0, 0.1) is 5.41 Å². The van der Waals surface area contributed by atoms with E-state index in [1.54, 1.807) is 0 Å². The molecule has 1 heterocycles. The fourth-order valence-corrected chi connectivity index (χ4v) is 4.00. The number of rotatable bonds is 5. The molecular formula is C22H28N2O. The molecule has 0 spiro atoms. The van der Waals surface area contributed by atoms with Gasteiger partial charge in [0, 0.05) is 25.6 Å². The summed E-state index contributed by atoms with van der Waals surface area (Å²) >= 11 is 0. The van der Waals surface area contributed by atoms with Crippen LogP contribution in [0.1, 0.15) is 49.3 Å². The van der Waals surface area contributed by atoms with Crippen molar-refractivity contribution in [2.45, 2.75) is 39.2 Å². The Labute approximate surface area is 150 Å². The van der Waals surface area contributed by atoms with Gasteiger partial charge in [0.2, 0.25) is 5.91 Å². The molecule has 1 aliphatic rings. The topological polar surface area (TPSA) is 46.3 Å². The number of benzene rings is 2. The minimum atomic E-state index is -0.437. The molecule has 0 saturated heterocycles. The van der Waals surface area contributed by atoms with Crippen molar-refractivity contribution in [2.24, 2.45) is 11.1 Å². The van der Waals surface area contributed by atoms with E-state index in [9.17, 15) is 4.79 Å². The molecule has 0 saturated carbocycles. The van der Waals surface area contributed by atoms with Crippen LogP contribution in [0.4, 0.5) is 0 Å². The second-order valence-corrected chi connectivity index (χ2v) is 7.04. The lowest BCUT2D eigenvalue weighted by atomic mass is 9.78. The lowest BCUT2D eigenvalue weighted by Crippen LogP contribution is -2.49. The standard InChI is InChI=1S/C22H28N2O/c1-3-22(4-2,16-23)21(25)24-14-18-12-8-9-13-19(18)20(15-24)17-10-6-5-7-11-17/h5-13,20H,3-4,14-16,23H2,1-2H3. The molecule has 1 aliphatic heterocycles. The number of fused-ring (bicyclic) bond motifs is 1. The first-order valence-electron chi connectivity index (χ1n) is 9.27. The van der Waals surface area contributed by atoms with Crippen molar-refractivity contribution < 1.29 is 4.79 Å². The van der Waals surface area contributed by atoms with Crippen LogP contribution in [0.25, 0.3) is 0 Å². The predicted molar refractivity (Wildman–Crippen MR) is 102 cm³/mol. The molecule has 25 heavy (non-hydrogen) atoms. The Hall–Kier alpha value is -2.13. The first-order valence-corrected chi connectivity index (χ1v) is 9.27. The summed E-state index contributed by atoms with van der Waals surface area (Å²) in [4.78, 5) is 15.4. The third-order valence-electron chi connectivity index (χ3n) is 5.88. The van der Waals surface area contributed by atoms with Gasteiger partial charge in [0.25, 0.3) is 0 Å². The van der Waals surface area contributed by atoms with Crippen molar-refractivity contribution in [3.05, 3.63) is 71.3 Å². The molecule has 2 aromatic rings. The molecule has 0 fully saturated rings. The minimum absolute atomic E-state index is 0.204. The molecule has 3 rings (SSSR count). The normalized spacial score (nSPS) is 17.2. The van der Waals surface area contributed by atoms with Crippen LogP contribution in [0.15, 0.2) is 54.6 Å². The lowest BCUT2D eigenvalue weighted by Gasteiger charge is -2.40. The molecular weight excluding hydrogens is 308 g/mol. The van der Waals surface area contributed by atoms with Crippen LogP contribution in [0.5, 0.6) is 0 Å². The fourth-order valence-electron chi connectivity index (χ4n) is 4.00. The molecule has 0 bridgehead atoms. The van der Waals surface area contributed by atoms with E-state index in [0.29, 0.717) is 13.1 Å². The van der Waals surface area contributed by atoms with Gasteiger partial charge >= 0.3 is 0 Å². The molecule has 1 atom stereocenters. The minimum Gasteiger partial charge on any atom is -0.337 e. The van der Waals surface area contributed by atoms with E-state index in [1.807, 2.05) is 11.0 Å². The number of hydrogen-bond donors (Lipinski definition) is 1. The largest absolute Gasteiger partial charge is 0.337 e. The number of carbonyl (C=O) groups excluding carboxylic acids is 1. The van der Waals surface area contributed by atoms with Gasteiger partial charge < -0.3 is 10.6 Å². The zero-order chi connectivity index (χ0) is 17.9. The molecule has 2 N–H and O–H groups in total. The van der Waals surface area contributed by atoms with Gasteiger partial charge in [-0.2, -0.15) is 0 Å². The molecule has 0 aromatic heterocycles. The zero-order valence-corrected chi connectivity index (χ0v) is 15.2. The number of carbonyl (C=O) groups is 1. The number of nitrogens with two attached hydrogens (primary N) is 1. The van der Waals surface area contributed by atoms with Crippen molar-refractivity contribution in [3.8, 4) is 0 Å². The van der Waals surface area contributed by atoms with Gasteiger partial charge in [0.15, 0.2) is 0 Å². The van der Waals surface area contributed by atoms with E-state index >= 15 is 0 Å². The Morgan fingerprint density at radius 1 is 1.08 bits per heavy atom. The summed E-state index contributed by atoms with van der Waals surface area (Å²) in [5.74, 6) is 0.426. The predicted octanol–water partition coefficient (Wildman–Crippen LogP) is 3.93. The molecule has 0 aliphatic carbocycles. The molecule has 3 nitrogen and oxygen atoms in total. The molecule has 0 radical (unpaired) electrons. The summed E-state index contributed by atoms with van der Waals surface area (Å²) in [5, 5.41) is 0. The second-order valence-electron chi connectivity index (χ2n) is 7.04. The van der Waals surface area contributed by atoms with Crippen molar-refractivity contribution in [3.63, 3.8) is 0 Å². The van der Waals surface area contributed by atoms with Crippen molar-refractivity contribution >= 4 is 5.91 Å². The van der Waals surface area contributed by atoms with Gasteiger partial charge in [-0.3, -0.25) is 4.79 Å². The quantitative estimate of drug-likeness (QED) is 0.899. The van der Waals surface area contributed by atoms with Gasteiger partial charge in [-0.1, -0.05) is 68.4 Å². The summed E-state index contributed by atoms with van der Waals surface area (Å²) in [6, 6.07) is 19.0. The Bertz CT molecular complexity index is 714. The van der Waals surface area contributed by atoms with Crippen LogP contribution in [-0.2, 0) is 11.3 Å². The molecule has 1 unspecified atom stereocenters. The molecule has 1 amide bonds. The highest BCUT2D eigenvalue weighted by Gasteiger charge is 2.39. The number of amides is 1. The van der Waals surface area contributed by atoms with Gasteiger partial charge in [-0.05, 0) is 29.5 Å². The maximum atomic E-state index is 13.3. The first-order chi connectivity index (χ1) is 12.1. The second kappa shape index (κ2) is 7.40. The van der Waals surface area contributed by atoms with E-state index in [1.165, 1.54) is 16.7 Å². The summed E-state index contributed by atoms with van der Waals surface area (Å²) in [6.07, 6.45) is 1.57. The van der Waals surface area contributed by atoms with E-state index in [2.05, 4.69) is 62.4 Å². The van der Waals surface area contributed by atoms with Crippen LogP contribution < -0.4 is 5.73 Å². The van der Waals surface area contributed by atoms with Crippen LogP contribution >= 0.6 is 0 Å². The van der Waals surface area contributed by atoms with Gasteiger partial charge in [0.1, 0.15) is 0 Å².